The van der Waals surface area contributed by atoms with E-state index in [9.17, 15) is 9.18 Å². The van der Waals surface area contributed by atoms with Crippen LogP contribution in [0.4, 0.5) is 10.1 Å². The Kier molecular flexibility index (Phi) is 4.00. The summed E-state index contributed by atoms with van der Waals surface area (Å²) in [6.45, 7) is 3.80. The highest BCUT2D eigenvalue weighted by atomic mass is 19.1. The van der Waals surface area contributed by atoms with Crippen LogP contribution in [0.5, 0.6) is 0 Å². The highest BCUT2D eigenvalue weighted by Crippen LogP contribution is 2.30. The zero-order valence-corrected chi connectivity index (χ0v) is 12.2. The fourth-order valence-electron chi connectivity index (χ4n) is 2.41. The van der Waals surface area contributed by atoms with Crippen LogP contribution in [0.3, 0.4) is 0 Å². The third-order valence-electron chi connectivity index (χ3n) is 3.91. The first-order valence-electron chi connectivity index (χ1n) is 7.27. The number of anilines is 1. The van der Waals surface area contributed by atoms with Crippen LogP contribution in [0.15, 0.2) is 43.1 Å². The van der Waals surface area contributed by atoms with E-state index in [1.807, 2.05) is 10.9 Å². The topological polar surface area (TPSA) is 51.0 Å². The Balaban J connectivity index is 1.80. The predicted octanol–water partition coefficient (Wildman–Crippen LogP) is 2.86. The smallest absolute Gasteiger partial charge is 0.250 e. The van der Waals surface area contributed by atoms with Gasteiger partial charge in [0.2, 0.25) is 0 Å². The Morgan fingerprint density at radius 3 is 2.73 bits per heavy atom. The van der Waals surface area contributed by atoms with Gasteiger partial charge in [-0.3, -0.25) is 4.79 Å². The summed E-state index contributed by atoms with van der Waals surface area (Å²) in [4.78, 5) is 13.6. The quantitative estimate of drug-likeness (QED) is 0.798. The number of halogens is 1. The molecule has 0 saturated heterocycles. The molecule has 5 nitrogen and oxygen atoms in total. The second-order valence-electron chi connectivity index (χ2n) is 5.38. The molecule has 0 N–H and O–H groups in total. The van der Waals surface area contributed by atoms with Crippen LogP contribution in [-0.4, -0.2) is 20.9 Å². The molecule has 1 aromatic carbocycles. The third-order valence-corrected chi connectivity index (χ3v) is 3.91. The molecular weight excluding hydrogens is 283 g/mol. The van der Waals surface area contributed by atoms with Gasteiger partial charge in [0.25, 0.3) is 5.91 Å². The number of aromatic nitrogens is 3. The van der Waals surface area contributed by atoms with Crippen LogP contribution in [0.25, 0.3) is 0 Å². The van der Waals surface area contributed by atoms with E-state index in [2.05, 4.69) is 16.9 Å². The molecular formula is C16H17FN4O. The van der Waals surface area contributed by atoms with Gasteiger partial charge in [-0.1, -0.05) is 11.8 Å². The zero-order valence-electron chi connectivity index (χ0n) is 12.2. The van der Waals surface area contributed by atoms with Gasteiger partial charge < -0.3 is 4.90 Å². The fraction of sp³-hybridized carbons (Fsp3) is 0.312. The average molecular weight is 300 g/mol. The second-order valence-corrected chi connectivity index (χ2v) is 5.38. The molecule has 1 heterocycles. The minimum atomic E-state index is -0.342. The number of carbonyl (C=O) groups is 1. The fourth-order valence-corrected chi connectivity index (χ4v) is 2.41. The van der Waals surface area contributed by atoms with E-state index in [0.717, 1.165) is 12.8 Å². The first-order chi connectivity index (χ1) is 10.7. The van der Waals surface area contributed by atoms with Crippen LogP contribution in [0, 0.1) is 5.82 Å². The van der Waals surface area contributed by atoms with Crippen molar-refractivity contribution in [2.24, 2.45) is 0 Å². The zero-order chi connectivity index (χ0) is 15.5. The first-order valence-corrected chi connectivity index (χ1v) is 7.27. The van der Waals surface area contributed by atoms with Gasteiger partial charge in [0, 0.05) is 5.69 Å². The van der Waals surface area contributed by atoms with E-state index in [-0.39, 0.29) is 18.3 Å². The Bertz CT molecular complexity index is 676. The van der Waals surface area contributed by atoms with Gasteiger partial charge in [-0.25, -0.2) is 9.07 Å². The third kappa shape index (κ3) is 2.90. The maximum Gasteiger partial charge on any atom is 0.250 e. The van der Waals surface area contributed by atoms with Crippen molar-refractivity contribution < 1.29 is 9.18 Å². The van der Waals surface area contributed by atoms with Crippen molar-refractivity contribution in [3.63, 3.8) is 0 Å². The molecule has 6 heteroatoms. The molecule has 1 saturated carbocycles. The highest BCUT2D eigenvalue weighted by molar-refractivity contribution is 6.00. The minimum Gasteiger partial charge on any atom is -0.303 e. The molecule has 1 aliphatic carbocycles. The standard InChI is InChI=1S/C16H17FN4O/c1-2-16(22)20(14-8-6-12(17)7-9-14)10-13-11-21(19-18-13)15-4-3-5-15/h2,6-9,11,15H,1,3-5,10H2. The molecule has 22 heavy (non-hydrogen) atoms. The van der Waals surface area contributed by atoms with E-state index in [1.165, 1.54) is 29.5 Å². The molecule has 1 aromatic heterocycles. The van der Waals surface area contributed by atoms with Crippen molar-refractivity contribution in [3.05, 3.63) is 54.6 Å². The van der Waals surface area contributed by atoms with Crippen molar-refractivity contribution >= 4 is 11.6 Å². The van der Waals surface area contributed by atoms with Crippen LogP contribution < -0.4 is 4.90 Å². The number of benzene rings is 1. The number of nitrogens with zero attached hydrogens (tertiary/aromatic N) is 4. The van der Waals surface area contributed by atoms with Gasteiger partial charge in [0.1, 0.15) is 11.5 Å². The Labute approximate surface area is 128 Å². The van der Waals surface area contributed by atoms with Crippen LogP contribution in [-0.2, 0) is 11.3 Å². The monoisotopic (exact) mass is 300 g/mol. The summed E-state index contributed by atoms with van der Waals surface area (Å²) in [6.07, 6.45) is 6.57. The van der Waals surface area contributed by atoms with Crippen LogP contribution in [0.2, 0.25) is 0 Å². The summed E-state index contributed by atoms with van der Waals surface area (Å²) in [5.41, 5.74) is 1.30. The average Bonchev–Trinajstić information content (AvgIpc) is 2.91. The lowest BCUT2D eigenvalue weighted by Crippen LogP contribution is -2.28. The molecule has 3 rings (SSSR count). The number of carbonyl (C=O) groups excluding carboxylic acids is 1. The van der Waals surface area contributed by atoms with Gasteiger partial charge in [-0.2, -0.15) is 0 Å². The van der Waals surface area contributed by atoms with Gasteiger partial charge in [-0.05, 0) is 49.6 Å². The SMILES string of the molecule is C=CC(=O)N(Cc1cn(C2CCC2)nn1)c1ccc(F)cc1. The molecule has 0 aliphatic heterocycles. The van der Waals surface area contributed by atoms with Crippen molar-refractivity contribution in [1.82, 2.24) is 15.0 Å². The van der Waals surface area contributed by atoms with E-state index in [0.29, 0.717) is 17.4 Å². The largest absolute Gasteiger partial charge is 0.303 e. The Hall–Kier alpha value is -2.50. The molecule has 0 atom stereocenters. The first kappa shape index (κ1) is 14.4. The maximum absolute atomic E-state index is 13.0. The summed E-state index contributed by atoms with van der Waals surface area (Å²) in [5, 5.41) is 8.26. The van der Waals surface area contributed by atoms with E-state index >= 15 is 0 Å². The van der Waals surface area contributed by atoms with Crippen molar-refractivity contribution in [2.45, 2.75) is 31.8 Å². The Morgan fingerprint density at radius 1 is 1.41 bits per heavy atom. The van der Waals surface area contributed by atoms with Crippen LogP contribution in [0.1, 0.15) is 31.0 Å². The summed E-state index contributed by atoms with van der Waals surface area (Å²) in [6, 6.07) is 6.20. The number of rotatable bonds is 5. The van der Waals surface area contributed by atoms with E-state index in [1.54, 1.807) is 12.1 Å². The molecule has 0 unspecified atom stereocenters. The van der Waals surface area contributed by atoms with Crippen molar-refractivity contribution in [1.29, 1.82) is 0 Å². The molecule has 2 aromatic rings. The van der Waals surface area contributed by atoms with E-state index in [4.69, 9.17) is 0 Å². The summed E-state index contributed by atoms with van der Waals surface area (Å²) >= 11 is 0. The molecule has 1 fully saturated rings. The lowest BCUT2D eigenvalue weighted by atomic mass is 9.93. The highest BCUT2D eigenvalue weighted by Gasteiger charge is 2.22. The lowest BCUT2D eigenvalue weighted by molar-refractivity contribution is -0.114. The second kappa shape index (κ2) is 6.09. The number of hydrogen-bond donors (Lipinski definition) is 0. The Morgan fingerprint density at radius 2 is 2.14 bits per heavy atom. The van der Waals surface area contributed by atoms with Gasteiger partial charge in [0.05, 0.1) is 18.8 Å². The van der Waals surface area contributed by atoms with Crippen molar-refractivity contribution in [3.8, 4) is 0 Å². The van der Waals surface area contributed by atoms with E-state index < -0.39 is 0 Å². The summed E-state index contributed by atoms with van der Waals surface area (Å²) < 4.78 is 14.9. The number of hydrogen-bond acceptors (Lipinski definition) is 3. The van der Waals surface area contributed by atoms with Crippen LogP contribution >= 0.6 is 0 Å². The summed E-state index contributed by atoms with van der Waals surface area (Å²) in [5.74, 6) is -0.601. The molecule has 0 spiro atoms. The molecule has 0 bridgehead atoms. The van der Waals surface area contributed by atoms with Gasteiger partial charge in [-0.15, -0.1) is 5.10 Å². The molecule has 1 aliphatic rings. The molecule has 114 valence electrons. The molecule has 0 radical (unpaired) electrons. The van der Waals surface area contributed by atoms with Gasteiger partial charge in [0.15, 0.2) is 0 Å². The van der Waals surface area contributed by atoms with Gasteiger partial charge >= 0.3 is 0 Å². The normalized spacial score (nSPS) is 14.4. The lowest BCUT2D eigenvalue weighted by Gasteiger charge is -2.24. The summed E-state index contributed by atoms with van der Waals surface area (Å²) in [7, 11) is 0. The minimum absolute atomic E-state index is 0.259. The predicted molar refractivity (Wildman–Crippen MR) is 80.7 cm³/mol. The molecule has 1 amide bonds. The number of amides is 1. The van der Waals surface area contributed by atoms with Crippen molar-refractivity contribution in [2.75, 3.05) is 4.90 Å². The maximum atomic E-state index is 13.0.